The van der Waals surface area contributed by atoms with Crippen LogP contribution in [0.4, 0.5) is 0 Å². The molecule has 0 aromatic rings. The molecule has 0 unspecified atom stereocenters. The van der Waals surface area contributed by atoms with Crippen LogP contribution >= 0.6 is 11.8 Å². The monoisotopic (exact) mass is 171 g/mol. The van der Waals surface area contributed by atoms with Crippen LogP contribution < -0.4 is 5.32 Å². The van der Waals surface area contributed by atoms with Gasteiger partial charge in [0, 0.05) is 5.75 Å². The molecule has 0 radical (unpaired) electrons. The fourth-order valence-corrected chi connectivity index (χ4v) is 1.75. The third kappa shape index (κ3) is 3.82. The Morgan fingerprint density at radius 1 is 1.45 bits per heavy atom. The summed E-state index contributed by atoms with van der Waals surface area (Å²) in [7, 11) is 0. The highest BCUT2D eigenvalue weighted by Gasteiger charge is 2.01. The second-order valence-corrected chi connectivity index (χ2v) is 3.83. The highest BCUT2D eigenvalue weighted by Crippen LogP contribution is 2.12. The minimum atomic E-state index is 1.18. The summed E-state index contributed by atoms with van der Waals surface area (Å²) in [5, 5.41) is 3.41. The minimum Gasteiger partial charge on any atom is -0.316 e. The molecule has 64 valence electrons. The summed E-state index contributed by atoms with van der Waals surface area (Å²) in [6.45, 7) is 2.39. The molecule has 1 fully saturated rings. The number of rotatable bonds is 2. The van der Waals surface area contributed by atoms with Crippen molar-refractivity contribution < 1.29 is 0 Å². The Kier molecular flexibility index (Phi) is 4.71. The van der Waals surface area contributed by atoms with Gasteiger partial charge >= 0.3 is 0 Å². The van der Waals surface area contributed by atoms with E-state index in [4.69, 9.17) is 0 Å². The van der Waals surface area contributed by atoms with E-state index in [2.05, 4.69) is 17.6 Å². The first-order valence-electron chi connectivity index (χ1n) is 4.31. The van der Waals surface area contributed by atoms with Crippen molar-refractivity contribution in [3.63, 3.8) is 0 Å². The molecule has 1 nitrogen and oxygen atoms in total. The molecule has 0 saturated carbocycles. The Morgan fingerprint density at radius 3 is 3.18 bits per heavy atom. The van der Waals surface area contributed by atoms with Gasteiger partial charge in [-0.1, -0.05) is 11.6 Å². The Balaban J connectivity index is 2.29. The van der Waals surface area contributed by atoms with E-state index in [9.17, 15) is 0 Å². The molecule has 11 heavy (non-hydrogen) atoms. The van der Waals surface area contributed by atoms with Crippen LogP contribution in [0.5, 0.6) is 0 Å². The summed E-state index contributed by atoms with van der Waals surface area (Å²) in [6, 6.07) is 0. The van der Waals surface area contributed by atoms with Gasteiger partial charge in [0.05, 0.1) is 0 Å². The van der Waals surface area contributed by atoms with E-state index in [1.54, 1.807) is 5.57 Å². The molecule has 0 atom stereocenters. The van der Waals surface area contributed by atoms with Crippen molar-refractivity contribution in [1.82, 2.24) is 5.32 Å². The van der Waals surface area contributed by atoms with Crippen molar-refractivity contribution in [3.8, 4) is 0 Å². The fraction of sp³-hybridized carbons (Fsp3) is 0.778. The average Bonchev–Trinajstić information content (AvgIpc) is 2.28. The van der Waals surface area contributed by atoms with Crippen LogP contribution in [-0.2, 0) is 0 Å². The predicted octanol–water partition coefficient (Wildman–Crippen LogP) is 2.05. The zero-order chi connectivity index (χ0) is 7.94. The van der Waals surface area contributed by atoms with Crippen molar-refractivity contribution >= 4 is 11.8 Å². The van der Waals surface area contributed by atoms with E-state index in [1.165, 1.54) is 38.1 Å². The molecular weight excluding hydrogens is 154 g/mol. The normalized spacial score (nSPS) is 23.5. The Bertz CT molecular complexity index is 122. The summed E-state index contributed by atoms with van der Waals surface area (Å²) in [5.74, 6) is 1.19. The van der Waals surface area contributed by atoms with E-state index >= 15 is 0 Å². The van der Waals surface area contributed by atoms with Gasteiger partial charge < -0.3 is 5.32 Å². The minimum absolute atomic E-state index is 1.18. The number of hydrogen-bond donors (Lipinski definition) is 1. The smallest absolute Gasteiger partial charge is 0.0113 e. The van der Waals surface area contributed by atoms with Gasteiger partial charge in [-0.2, -0.15) is 11.8 Å². The molecule has 0 aliphatic carbocycles. The molecule has 2 heteroatoms. The van der Waals surface area contributed by atoms with E-state index in [0.717, 1.165) is 0 Å². The van der Waals surface area contributed by atoms with Crippen LogP contribution in [0.2, 0.25) is 0 Å². The third-order valence-corrected chi connectivity index (χ3v) is 2.51. The first kappa shape index (κ1) is 9.14. The maximum absolute atomic E-state index is 3.41. The van der Waals surface area contributed by atoms with Crippen LogP contribution in [0.1, 0.15) is 19.3 Å². The molecule has 0 aromatic carbocycles. The highest BCUT2D eigenvalue weighted by atomic mass is 32.2. The standard InChI is InChI=1S/C9H17NS/c1-11-8-5-9-3-2-6-10-7-4-9/h5,10H,2-4,6-8H2,1H3/b9-5+. The van der Waals surface area contributed by atoms with Crippen LogP contribution in [0.3, 0.4) is 0 Å². The van der Waals surface area contributed by atoms with Gasteiger partial charge in [0.1, 0.15) is 0 Å². The SMILES string of the molecule is CSC/C=C1\CCCNCC1. The van der Waals surface area contributed by atoms with Gasteiger partial charge in [0.15, 0.2) is 0 Å². The molecule has 1 saturated heterocycles. The summed E-state index contributed by atoms with van der Waals surface area (Å²) < 4.78 is 0. The quantitative estimate of drug-likeness (QED) is 0.638. The maximum atomic E-state index is 3.41. The van der Waals surface area contributed by atoms with Crippen molar-refractivity contribution in [2.24, 2.45) is 0 Å². The van der Waals surface area contributed by atoms with Gasteiger partial charge in [-0.3, -0.25) is 0 Å². The molecule has 1 rings (SSSR count). The lowest BCUT2D eigenvalue weighted by molar-refractivity contribution is 0.703. The van der Waals surface area contributed by atoms with Crippen molar-refractivity contribution in [2.45, 2.75) is 19.3 Å². The second-order valence-electron chi connectivity index (χ2n) is 2.92. The van der Waals surface area contributed by atoms with Gasteiger partial charge in [0.25, 0.3) is 0 Å². The van der Waals surface area contributed by atoms with Gasteiger partial charge in [-0.25, -0.2) is 0 Å². The van der Waals surface area contributed by atoms with E-state index in [-0.39, 0.29) is 0 Å². The first-order valence-corrected chi connectivity index (χ1v) is 5.70. The number of thioether (sulfide) groups is 1. The molecule has 0 spiro atoms. The second kappa shape index (κ2) is 5.67. The Morgan fingerprint density at radius 2 is 2.36 bits per heavy atom. The van der Waals surface area contributed by atoms with Crippen LogP contribution in [0.25, 0.3) is 0 Å². The predicted molar refractivity (Wildman–Crippen MR) is 53.2 cm³/mol. The van der Waals surface area contributed by atoms with E-state index in [0.29, 0.717) is 0 Å². The molecular formula is C9H17NS. The lowest BCUT2D eigenvalue weighted by Gasteiger charge is -2.00. The van der Waals surface area contributed by atoms with Gasteiger partial charge in [0.2, 0.25) is 0 Å². The molecule has 1 heterocycles. The zero-order valence-electron chi connectivity index (χ0n) is 7.23. The van der Waals surface area contributed by atoms with E-state index < -0.39 is 0 Å². The summed E-state index contributed by atoms with van der Waals surface area (Å²) in [5.41, 5.74) is 1.66. The van der Waals surface area contributed by atoms with Gasteiger partial charge in [-0.05, 0) is 38.6 Å². The van der Waals surface area contributed by atoms with Crippen molar-refractivity contribution in [1.29, 1.82) is 0 Å². The Hall–Kier alpha value is 0.0500. The van der Waals surface area contributed by atoms with Crippen molar-refractivity contribution in [2.75, 3.05) is 25.1 Å². The number of hydrogen-bond acceptors (Lipinski definition) is 2. The fourth-order valence-electron chi connectivity index (χ4n) is 1.34. The zero-order valence-corrected chi connectivity index (χ0v) is 8.04. The lowest BCUT2D eigenvalue weighted by Crippen LogP contribution is -2.13. The molecule has 1 N–H and O–H groups in total. The molecule has 0 bridgehead atoms. The lowest BCUT2D eigenvalue weighted by atomic mass is 10.1. The first-order chi connectivity index (χ1) is 5.43. The number of nitrogens with one attached hydrogen (secondary N) is 1. The largest absolute Gasteiger partial charge is 0.316 e. The van der Waals surface area contributed by atoms with Crippen LogP contribution in [0, 0.1) is 0 Å². The average molecular weight is 171 g/mol. The highest BCUT2D eigenvalue weighted by molar-refractivity contribution is 7.98. The topological polar surface area (TPSA) is 12.0 Å². The summed E-state index contributed by atoms with van der Waals surface area (Å²) in [4.78, 5) is 0. The maximum Gasteiger partial charge on any atom is 0.0113 e. The Labute approximate surface area is 73.6 Å². The molecule has 1 aliphatic heterocycles. The molecule has 0 aromatic heterocycles. The third-order valence-electron chi connectivity index (χ3n) is 2.01. The van der Waals surface area contributed by atoms with Crippen LogP contribution in [0.15, 0.2) is 11.6 Å². The molecule has 1 aliphatic rings. The van der Waals surface area contributed by atoms with Crippen molar-refractivity contribution in [3.05, 3.63) is 11.6 Å². The summed E-state index contributed by atoms with van der Waals surface area (Å²) >= 11 is 1.91. The van der Waals surface area contributed by atoms with Crippen LogP contribution in [-0.4, -0.2) is 25.1 Å². The molecule has 0 amide bonds. The van der Waals surface area contributed by atoms with E-state index in [1.807, 2.05) is 11.8 Å². The summed E-state index contributed by atoms with van der Waals surface area (Å²) in [6.07, 6.45) is 8.46. The van der Waals surface area contributed by atoms with Gasteiger partial charge in [-0.15, -0.1) is 0 Å².